The van der Waals surface area contributed by atoms with Crippen LogP contribution >= 0.6 is 0 Å². The fourth-order valence-corrected chi connectivity index (χ4v) is 2.17. The number of hydrogen-bond acceptors (Lipinski definition) is 6. The van der Waals surface area contributed by atoms with Crippen molar-refractivity contribution in [1.82, 2.24) is 0 Å². The molecule has 27 heavy (non-hydrogen) atoms. The van der Waals surface area contributed by atoms with E-state index in [0.29, 0.717) is 16.8 Å². The Bertz CT molecular complexity index is 893. The van der Waals surface area contributed by atoms with Crippen LogP contribution in [0.3, 0.4) is 0 Å². The van der Waals surface area contributed by atoms with E-state index >= 15 is 0 Å². The number of benzene rings is 2. The first-order valence-electron chi connectivity index (χ1n) is 8.17. The highest BCUT2D eigenvalue weighted by Crippen LogP contribution is 2.13. The van der Waals surface area contributed by atoms with E-state index in [1.54, 1.807) is 19.1 Å². The van der Waals surface area contributed by atoms with E-state index in [4.69, 9.17) is 14.4 Å². The van der Waals surface area contributed by atoms with Crippen LogP contribution in [0.4, 0.5) is 0 Å². The molecule has 0 atom stereocenters. The van der Waals surface area contributed by atoms with Crippen molar-refractivity contribution in [2.75, 3.05) is 14.2 Å². The van der Waals surface area contributed by atoms with Crippen LogP contribution in [0.25, 0.3) is 0 Å². The molecule has 0 bridgehead atoms. The summed E-state index contributed by atoms with van der Waals surface area (Å²) in [5.74, 6) is 5.33. The number of hydrogen-bond donors (Lipinski definition) is 0. The highest BCUT2D eigenvalue weighted by Gasteiger charge is 2.19. The summed E-state index contributed by atoms with van der Waals surface area (Å²) < 4.78 is 4.75. The zero-order valence-electron chi connectivity index (χ0n) is 15.4. The van der Waals surface area contributed by atoms with Crippen molar-refractivity contribution in [3.8, 4) is 11.8 Å². The van der Waals surface area contributed by atoms with E-state index in [2.05, 4.69) is 22.2 Å². The van der Waals surface area contributed by atoms with Crippen LogP contribution in [-0.2, 0) is 25.8 Å². The Balaban J connectivity index is 2.11. The van der Waals surface area contributed by atoms with Gasteiger partial charge in [-0.25, -0.2) is 4.79 Å². The highest BCUT2D eigenvalue weighted by atomic mass is 16.6. The van der Waals surface area contributed by atoms with Gasteiger partial charge in [-0.15, -0.1) is 0 Å². The van der Waals surface area contributed by atoms with E-state index in [-0.39, 0.29) is 12.3 Å². The number of nitrogens with zero attached hydrogens (tertiary/aromatic N) is 2. The molecule has 0 amide bonds. The maximum atomic E-state index is 11.9. The minimum Gasteiger partial charge on any atom is -0.464 e. The highest BCUT2D eigenvalue weighted by molar-refractivity contribution is 6.43. The van der Waals surface area contributed by atoms with E-state index in [0.717, 1.165) is 5.56 Å². The van der Waals surface area contributed by atoms with Crippen LogP contribution in [0.5, 0.6) is 0 Å². The molecule has 6 heteroatoms. The van der Waals surface area contributed by atoms with Crippen LogP contribution in [0.15, 0.2) is 64.9 Å². The Morgan fingerprint density at radius 2 is 1.70 bits per heavy atom. The number of esters is 1. The Morgan fingerprint density at radius 3 is 2.41 bits per heavy atom. The average molecular weight is 364 g/mol. The molecular weight excluding hydrogens is 344 g/mol. The number of carbonyl (C=O) groups excluding carboxylic acids is 1. The molecule has 0 N–H and O–H groups in total. The summed E-state index contributed by atoms with van der Waals surface area (Å²) in [6.45, 7) is 1.90. The monoisotopic (exact) mass is 364 g/mol. The third-order valence-corrected chi connectivity index (χ3v) is 3.42. The number of rotatable bonds is 6. The number of oxime groups is 2. The van der Waals surface area contributed by atoms with Gasteiger partial charge in [-0.2, -0.15) is 0 Å². The first-order valence-corrected chi connectivity index (χ1v) is 8.17. The molecule has 2 aromatic rings. The Morgan fingerprint density at radius 1 is 1.00 bits per heavy atom. The maximum Gasteiger partial charge on any atom is 0.360 e. The fraction of sp³-hybridized carbons (Fsp3) is 0.190. The molecular formula is C21H20N2O4. The molecule has 0 fully saturated rings. The lowest BCUT2D eigenvalue weighted by molar-refractivity contribution is -0.132. The third kappa shape index (κ3) is 6.01. The summed E-state index contributed by atoms with van der Waals surface area (Å²) in [5, 5.41) is 7.76. The van der Waals surface area contributed by atoms with Crippen molar-refractivity contribution < 1.29 is 19.2 Å². The summed E-state index contributed by atoms with van der Waals surface area (Å²) in [4.78, 5) is 22.1. The first-order chi connectivity index (χ1) is 13.2. The molecule has 0 heterocycles. The van der Waals surface area contributed by atoms with Gasteiger partial charge >= 0.3 is 5.97 Å². The fourth-order valence-electron chi connectivity index (χ4n) is 2.17. The van der Waals surface area contributed by atoms with Gasteiger partial charge in [-0.1, -0.05) is 58.7 Å². The van der Waals surface area contributed by atoms with Gasteiger partial charge in [0.05, 0.1) is 7.11 Å². The van der Waals surface area contributed by atoms with Crippen molar-refractivity contribution in [3.05, 3.63) is 71.3 Å². The standard InChI is InChI=1S/C21H20N2O4/c1-16(13-14-17-9-5-4-6-10-17)22-27-15-18-11-7-8-12-19(18)20(23-26-3)21(24)25-2/h4-12H,15H2,1-3H3/b22-16+,23-20+. The van der Waals surface area contributed by atoms with Crippen molar-refractivity contribution >= 4 is 17.4 Å². The van der Waals surface area contributed by atoms with Gasteiger partial charge in [0.2, 0.25) is 0 Å². The van der Waals surface area contributed by atoms with Crippen LogP contribution in [0, 0.1) is 11.8 Å². The zero-order chi connectivity index (χ0) is 19.5. The molecule has 0 saturated heterocycles. The molecule has 0 unspecified atom stereocenters. The molecule has 2 rings (SSSR count). The van der Waals surface area contributed by atoms with Crippen molar-refractivity contribution in [2.24, 2.45) is 10.3 Å². The summed E-state index contributed by atoms with van der Waals surface area (Å²) >= 11 is 0. The average Bonchev–Trinajstić information content (AvgIpc) is 2.71. The molecule has 0 spiro atoms. The lowest BCUT2D eigenvalue weighted by Crippen LogP contribution is -2.19. The predicted molar refractivity (Wildman–Crippen MR) is 103 cm³/mol. The molecule has 0 aliphatic carbocycles. The Hall–Kier alpha value is -3.59. The summed E-state index contributed by atoms with van der Waals surface area (Å²) in [6.07, 6.45) is 0. The second-order valence-electron chi connectivity index (χ2n) is 5.34. The molecule has 0 aliphatic rings. The molecule has 0 saturated carbocycles. The third-order valence-electron chi connectivity index (χ3n) is 3.42. The SMILES string of the molecule is CO/N=C(/C(=O)OC)c1ccccc1CO/N=C(\C)C#Cc1ccccc1. The summed E-state index contributed by atoms with van der Waals surface area (Å²) in [5.41, 5.74) is 2.76. The summed E-state index contributed by atoms with van der Waals surface area (Å²) in [7, 11) is 2.65. The zero-order valence-corrected chi connectivity index (χ0v) is 15.4. The van der Waals surface area contributed by atoms with E-state index in [1.807, 2.05) is 42.5 Å². The van der Waals surface area contributed by atoms with E-state index in [1.165, 1.54) is 14.2 Å². The molecule has 0 aliphatic heterocycles. The predicted octanol–water partition coefficient (Wildman–Crippen LogP) is 3.15. The lowest BCUT2D eigenvalue weighted by Gasteiger charge is -2.09. The van der Waals surface area contributed by atoms with Gasteiger partial charge in [0.1, 0.15) is 19.4 Å². The van der Waals surface area contributed by atoms with Crippen LogP contribution in [-0.4, -0.2) is 31.6 Å². The quantitative estimate of drug-likeness (QED) is 0.342. The molecule has 138 valence electrons. The van der Waals surface area contributed by atoms with E-state index in [9.17, 15) is 4.79 Å². The topological polar surface area (TPSA) is 69.5 Å². The normalized spacial score (nSPS) is 11.2. The van der Waals surface area contributed by atoms with Crippen molar-refractivity contribution in [3.63, 3.8) is 0 Å². The van der Waals surface area contributed by atoms with Gasteiger partial charge in [0.15, 0.2) is 5.71 Å². The van der Waals surface area contributed by atoms with Gasteiger partial charge in [-0.05, 0) is 25.0 Å². The van der Waals surface area contributed by atoms with Crippen LogP contribution in [0.1, 0.15) is 23.6 Å². The number of carbonyl (C=O) groups is 1. The largest absolute Gasteiger partial charge is 0.464 e. The molecule has 0 aromatic heterocycles. The minimum atomic E-state index is -0.599. The van der Waals surface area contributed by atoms with E-state index < -0.39 is 5.97 Å². The Kier molecular flexibility index (Phi) is 7.61. The van der Waals surface area contributed by atoms with Gasteiger partial charge in [0.25, 0.3) is 0 Å². The lowest BCUT2D eigenvalue weighted by atomic mass is 10.0. The molecule has 6 nitrogen and oxygen atoms in total. The van der Waals surface area contributed by atoms with Crippen molar-refractivity contribution in [1.29, 1.82) is 0 Å². The van der Waals surface area contributed by atoms with Gasteiger partial charge < -0.3 is 14.4 Å². The first kappa shape index (κ1) is 19.7. The maximum absolute atomic E-state index is 11.9. The molecule has 0 radical (unpaired) electrons. The second-order valence-corrected chi connectivity index (χ2v) is 5.34. The summed E-state index contributed by atoms with van der Waals surface area (Å²) in [6, 6.07) is 16.8. The van der Waals surface area contributed by atoms with Gasteiger partial charge in [-0.3, -0.25) is 0 Å². The number of methoxy groups -OCH3 is 1. The van der Waals surface area contributed by atoms with Gasteiger partial charge in [0, 0.05) is 16.7 Å². The molecule has 2 aromatic carbocycles. The number of ether oxygens (including phenoxy) is 1. The van der Waals surface area contributed by atoms with Crippen LogP contribution < -0.4 is 0 Å². The van der Waals surface area contributed by atoms with Crippen LogP contribution in [0.2, 0.25) is 0 Å². The van der Waals surface area contributed by atoms with Crippen molar-refractivity contribution in [2.45, 2.75) is 13.5 Å². The Labute approximate surface area is 158 Å². The minimum absolute atomic E-state index is 0.0590. The second kappa shape index (κ2) is 10.4. The smallest absolute Gasteiger partial charge is 0.360 e.